The number of carbonyl (C=O) groups is 3. The van der Waals surface area contributed by atoms with Crippen LogP contribution in [0.15, 0.2) is 134 Å². The van der Waals surface area contributed by atoms with Gasteiger partial charge in [-0.1, -0.05) is 225 Å². The van der Waals surface area contributed by atoms with Gasteiger partial charge in [0, 0.05) is 19.3 Å². The number of unbranched alkanes of at least 4 members (excludes halogenated alkanes) is 17. The summed E-state index contributed by atoms with van der Waals surface area (Å²) in [5.41, 5.74) is 0. The number of carbonyl (C=O) groups excluding carboxylic acids is 3. The zero-order valence-corrected chi connectivity index (χ0v) is 42.1. The van der Waals surface area contributed by atoms with Crippen LogP contribution >= 0.6 is 0 Å². The summed E-state index contributed by atoms with van der Waals surface area (Å²) in [6.45, 7) is 6.24. The van der Waals surface area contributed by atoms with Crippen molar-refractivity contribution in [1.82, 2.24) is 0 Å². The number of ether oxygens (including phenoxy) is 3. The molecule has 1 atom stereocenters. The number of hydrogen-bond donors (Lipinski definition) is 0. The van der Waals surface area contributed by atoms with Gasteiger partial charge in [0.15, 0.2) is 6.10 Å². The lowest BCUT2D eigenvalue weighted by Gasteiger charge is -2.18. The number of esters is 3. The van der Waals surface area contributed by atoms with Gasteiger partial charge < -0.3 is 14.2 Å². The number of hydrogen-bond acceptors (Lipinski definition) is 6. The van der Waals surface area contributed by atoms with Gasteiger partial charge in [0.1, 0.15) is 13.2 Å². The first-order valence-corrected chi connectivity index (χ1v) is 26.3. The Balaban J connectivity index is 4.53. The second-order valence-electron chi connectivity index (χ2n) is 16.8. The van der Waals surface area contributed by atoms with Crippen molar-refractivity contribution < 1.29 is 28.6 Å². The fourth-order valence-electron chi connectivity index (χ4n) is 6.63. The van der Waals surface area contributed by atoms with Crippen molar-refractivity contribution in [2.45, 2.75) is 213 Å². The number of rotatable bonds is 45. The molecule has 66 heavy (non-hydrogen) atoms. The molecule has 0 aliphatic rings. The summed E-state index contributed by atoms with van der Waals surface area (Å²) in [6.07, 6.45) is 74.4. The van der Waals surface area contributed by atoms with Crippen LogP contribution in [-0.4, -0.2) is 37.2 Å². The van der Waals surface area contributed by atoms with E-state index in [9.17, 15) is 14.4 Å². The summed E-state index contributed by atoms with van der Waals surface area (Å²) in [7, 11) is 0. The van der Waals surface area contributed by atoms with E-state index >= 15 is 0 Å². The standard InChI is InChI=1S/C60H94O6/c1-4-7-10-13-16-19-22-25-27-29-30-31-33-35-38-41-44-47-50-53-59(62)65-56-57(55-64-58(61)52-49-46-43-40-37-34-24-21-18-15-12-9-6-3)66-60(63)54-51-48-45-42-39-36-32-28-26-23-20-17-14-11-8-5-2/h8-9,11-12,15-22,24-26,28,34,36-37,39-40,43,57H,4-7,10,13-14,23,27,29-33,35,38,41-42,44-56H2,1-3H3/b11-8+,12-9+,18-15+,19-16+,20-17+,24-21+,25-22+,28-26+,37-34+,39-36+,43-40+. The minimum Gasteiger partial charge on any atom is -0.462 e. The molecule has 0 aromatic rings. The van der Waals surface area contributed by atoms with E-state index in [2.05, 4.69) is 99.8 Å². The highest BCUT2D eigenvalue weighted by atomic mass is 16.6. The SMILES string of the molecule is CC/C=C/C=C/C=C/C=C/C=C/CCCC(=O)OCC(COC(=O)CCCCCCCCCCCC/C=C/C=C/CCCCC)OC(=O)CCCCC/C=C/C/C=C/C/C=C/C/C=C/CC. The Kier molecular flexibility index (Phi) is 49.6. The fourth-order valence-corrected chi connectivity index (χ4v) is 6.63. The molecule has 0 N–H and O–H groups in total. The van der Waals surface area contributed by atoms with E-state index in [0.717, 1.165) is 77.0 Å². The zero-order chi connectivity index (χ0) is 47.9. The smallest absolute Gasteiger partial charge is 0.306 e. The molecule has 0 aliphatic heterocycles. The molecule has 6 heteroatoms. The lowest BCUT2D eigenvalue weighted by Crippen LogP contribution is -2.30. The second-order valence-corrected chi connectivity index (χ2v) is 16.8. The van der Waals surface area contributed by atoms with E-state index < -0.39 is 6.10 Å². The maximum Gasteiger partial charge on any atom is 0.306 e. The topological polar surface area (TPSA) is 78.9 Å². The van der Waals surface area contributed by atoms with Crippen molar-refractivity contribution in [3.63, 3.8) is 0 Å². The van der Waals surface area contributed by atoms with Crippen molar-refractivity contribution in [3.05, 3.63) is 134 Å². The predicted molar refractivity (Wildman–Crippen MR) is 283 cm³/mol. The Morgan fingerprint density at radius 2 is 0.682 bits per heavy atom. The van der Waals surface area contributed by atoms with Crippen LogP contribution in [0.25, 0.3) is 0 Å². The van der Waals surface area contributed by atoms with Crippen molar-refractivity contribution in [2.75, 3.05) is 13.2 Å². The van der Waals surface area contributed by atoms with Gasteiger partial charge in [0.05, 0.1) is 0 Å². The molecular weight excluding hydrogens is 817 g/mol. The van der Waals surface area contributed by atoms with Gasteiger partial charge >= 0.3 is 17.9 Å². The molecule has 0 spiro atoms. The minimum atomic E-state index is -0.830. The summed E-state index contributed by atoms with van der Waals surface area (Å²) >= 11 is 0. The Labute approximate surface area is 405 Å². The van der Waals surface area contributed by atoms with Crippen LogP contribution in [0.5, 0.6) is 0 Å². The molecule has 0 fully saturated rings. The summed E-state index contributed by atoms with van der Waals surface area (Å²) in [6, 6.07) is 0. The molecule has 0 amide bonds. The van der Waals surface area contributed by atoms with Gasteiger partial charge in [0.25, 0.3) is 0 Å². The molecule has 0 saturated carbocycles. The van der Waals surface area contributed by atoms with Crippen molar-refractivity contribution in [2.24, 2.45) is 0 Å². The van der Waals surface area contributed by atoms with Gasteiger partial charge in [-0.05, 0) is 96.3 Å². The zero-order valence-electron chi connectivity index (χ0n) is 42.1. The molecule has 0 rings (SSSR count). The first kappa shape index (κ1) is 61.5. The molecule has 0 aliphatic carbocycles. The Morgan fingerprint density at radius 1 is 0.333 bits per heavy atom. The van der Waals surface area contributed by atoms with Crippen LogP contribution in [0, 0.1) is 0 Å². The summed E-state index contributed by atoms with van der Waals surface area (Å²) in [4.78, 5) is 38.0. The Hall–Kier alpha value is -4.45. The molecule has 0 saturated heterocycles. The molecule has 6 nitrogen and oxygen atoms in total. The Bertz CT molecular complexity index is 1460. The predicted octanol–water partition coefficient (Wildman–Crippen LogP) is 17.5. The molecule has 0 aromatic heterocycles. The molecule has 0 radical (unpaired) electrons. The lowest BCUT2D eigenvalue weighted by atomic mass is 10.1. The molecule has 370 valence electrons. The maximum absolute atomic E-state index is 12.8. The van der Waals surface area contributed by atoms with E-state index in [0.29, 0.717) is 19.3 Å². The van der Waals surface area contributed by atoms with E-state index in [4.69, 9.17) is 14.2 Å². The quantitative estimate of drug-likeness (QED) is 0.0199. The number of allylic oxidation sites excluding steroid dienone is 22. The maximum atomic E-state index is 12.8. The molecule has 0 heterocycles. The van der Waals surface area contributed by atoms with Crippen LogP contribution < -0.4 is 0 Å². The van der Waals surface area contributed by atoms with Gasteiger partial charge in [-0.15, -0.1) is 0 Å². The largest absolute Gasteiger partial charge is 0.462 e. The fraction of sp³-hybridized carbons (Fsp3) is 0.583. The highest BCUT2D eigenvalue weighted by Gasteiger charge is 2.19. The van der Waals surface area contributed by atoms with Crippen LogP contribution in [0.2, 0.25) is 0 Å². The second kappa shape index (κ2) is 53.2. The highest BCUT2D eigenvalue weighted by molar-refractivity contribution is 5.71. The molecule has 0 bridgehead atoms. The van der Waals surface area contributed by atoms with E-state index in [1.165, 1.54) is 77.0 Å². The van der Waals surface area contributed by atoms with Crippen LogP contribution in [-0.2, 0) is 28.6 Å². The van der Waals surface area contributed by atoms with Crippen LogP contribution in [0.1, 0.15) is 207 Å². The lowest BCUT2D eigenvalue weighted by molar-refractivity contribution is -0.167. The average Bonchev–Trinajstić information content (AvgIpc) is 3.31. The third kappa shape index (κ3) is 50.5. The van der Waals surface area contributed by atoms with E-state index in [1.54, 1.807) is 0 Å². The highest BCUT2D eigenvalue weighted by Crippen LogP contribution is 2.14. The average molecular weight is 911 g/mol. The van der Waals surface area contributed by atoms with Crippen LogP contribution in [0.4, 0.5) is 0 Å². The van der Waals surface area contributed by atoms with Gasteiger partial charge in [0.2, 0.25) is 0 Å². The van der Waals surface area contributed by atoms with Crippen LogP contribution in [0.3, 0.4) is 0 Å². The van der Waals surface area contributed by atoms with Gasteiger partial charge in [-0.2, -0.15) is 0 Å². The normalized spacial score (nSPS) is 13.2. The van der Waals surface area contributed by atoms with Crippen molar-refractivity contribution >= 4 is 17.9 Å². The third-order valence-corrected chi connectivity index (χ3v) is 10.5. The molecule has 0 aromatic carbocycles. The molecular formula is C60H94O6. The summed E-state index contributed by atoms with van der Waals surface area (Å²) in [5, 5.41) is 0. The Morgan fingerprint density at radius 3 is 1.20 bits per heavy atom. The van der Waals surface area contributed by atoms with Crippen molar-refractivity contribution in [1.29, 1.82) is 0 Å². The van der Waals surface area contributed by atoms with Gasteiger partial charge in [-0.3, -0.25) is 14.4 Å². The van der Waals surface area contributed by atoms with E-state index in [-0.39, 0.29) is 44.0 Å². The summed E-state index contributed by atoms with van der Waals surface area (Å²) < 4.78 is 16.7. The minimum absolute atomic E-state index is 0.120. The first-order valence-electron chi connectivity index (χ1n) is 26.3. The van der Waals surface area contributed by atoms with Gasteiger partial charge in [-0.25, -0.2) is 0 Å². The van der Waals surface area contributed by atoms with Crippen molar-refractivity contribution in [3.8, 4) is 0 Å². The third-order valence-electron chi connectivity index (χ3n) is 10.5. The summed E-state index contributed by atoms with van der Waals surface area (Å²) in [5.74, 6) is -1.04. The first-order chi connectivity index (χ1) is 32.5. The monoisotopic (exact) mass is 911 g/mol. The molecule has 1 unspecified atom stereocenters. The van der Waals surface area contributed by atoms with E-state index in [1.807, 2.05) is 54.7 Å².